The number of carbonyl (C=O) groups excluding carboxylic acids is 1. The van der Waals surface area contributed by atoms with Crippen molar-refractivity contribution in [3.63, 3.8) is 0 Å². The minimum absolute atomic E-state index is 0.0741. The van der Waals surface area contributed by atoms with E-state index in [1.54, 1.807) is 7.11 Å². The highest BCUT2D eigenvalue weighted by molar-refractivity contribution is 5.84. The standard InChI is InChI=1S/C14H20N2O2/c1-18-9-5-8-16-11-15-13(14(16)17)10-12-6-3-2-4-7-12/h2-4,6-7,13,15H,5,8-11H2,1H3. The van der Waals surface area contributed by atoms with Gasteiger partial charge in [0.2, 0.25) is 5.91 Å². The van der Waals surface area contributed by atoms with Crippen LogP contribution in [0.1, 0.15) is 12.0 Å². The number of hydrogen-bond donors (Lipinski definition) is 1. The molecule has 18 heavy (non-hydrogen) atoms. The van der Waals surface area contributed by atoms with Crippen molar-refractivity contribution in [2.45, 2.75) is 18.9 Å². The largest absolute Gasteiger partial charge is 0.385 e. The summed E-state index contributed by atoms with van der Waals surface area (Å²) in [7, 11) is 1.68. The van der Waals surface area contributed by atoms with Gasteiger partial charge in [-0.1, -0.05) is 30.3 Å². The number of nitrogens with one attached hydrogen (secondary N) is 1. The number of ether oxygens (including phenoxy) is 1. The molecule has 4 heteroatoms. The molecule has 1 aliphatic heterocycles. The van der Waals surface area contributed by atoms with Crippen LogP contribution in [0.3, 0.4) is 0 Å². The molecule has 4 nitrogen and oxygen atoms in total. The van der Waals surface area contributed by atoms with Crippen LogP contribution < -0.4 is 5.32 Å². The summed E-state index contributed by atoms with van der Waals surface area (Å²) in [6.07, 6.45) is 1.66. The minimum atomic E-state index is -0.0741. The van der Waals surface area contributed by atoms with Gasteiger partial charge in [-0.25, -0.2) is 0 Å². The summed E-state index contributed by atoms with van der Waals surface area (Å²) < 4.78 is 5.00. The van der Waals surface area contributed by atoms with E-state index in [2.05, 4.69) is 17.4 Å². The molecular formula is C14H20N2O2. The summed E-state index contributed by atoms with van der Waals surface area (Å²) in [5.41, 5.74) is 1.20. The zero-order chi connectivity index (χ0) is 12.8. The van der Waals surface area contributed by atoms with Crippen molar-refractivity contribution in [1.82, 2.24) is 10.2 Å². The first kappa shape index (κ1) is 13.1. The average molecular weight is 248 g/mol. The molecule has 0 spiro atoms. The Morgan fingerprint density at radius 3 is 2.89 bits per heavy atom. The van der Waals surface area contributed by atoms with Crippen LogP contribution >= 0.6 is 0 Å². The van der Waals surface area contributed by atoms with Gasteiger partial charge in [0.25, 0.3) is 0 Å². The highest BCUT2D eigenvalue weighted by Crippen LogP contribution is 2.10. The van der Waals surface area contributed by atoms with Gasteiger partial charge in [-0.15, -0.1) is 0 Å². The summed E-state index contributed by atoms with van der Waals surface area (Å²) in [5.74, 6) is 0.204. The molecule has 1 aromatic rings. The van der Waals surface area contributed by atoms with E-state index in [0.29, 0.717) is 13.3 Å². The summed E-state index contributed by atoms with van der Waals surface area (Å²) in [6.45, 7) is 2.12. The first-order chi connectivity index (χ1) is 8.81. The van der Waals surface area contributed by atoms with E-state index in [0.717, 1.165) is 19.4 Å². The number of nitrogens with zero attached hydrogens (tertiary/aromatic N) is 1. The number of amides is 1. The van der Waals surface area contributed by atoms with Crippen LogP contribution in [0.2, 0.25) is 0 Å². The Bertz CT molecular complexity index is 381. The van der Waals surface area contributed by atoms with Crippen molar-refractivity contribution >= 4 is 5.91 Å². The molecule has 0 bridgehead atoms. The zero-order valence-corrected chi connectivity index (χ0v) is 10.8. The molecule has 0 aromatic heterocycles. The molecule has 1 N–H and O–H groups in total. The molecule has 1 heterocycles. The van der Waals surface area contributed by atoms with Gasteiger partial charge in [-0.3, -0.25) is 10.1 Å². The van der Waals surface area contributed by atoms with Gasteiger partial charge >= 0.3 is 0 Å². The molecule has 0 saturated carbocycles. The number of carbonyl (C=O) groups is 1. The molecular weight excluding hydrogens is 228 g/mol. The lowest BCUT2D eigenvalue weighted by molar-refractivity contribution is -0.129. The molecule has 1 fully saturated rings. The Labute approximate surface area is 108 Å². The number of methoxy groups -OCH3 is 1. The van der Waals surface area contributed by atoms with Crippen LogP contribution in [0.25, 0.3) is 0 Å². The third kappa shape index (κ3) is 3.31. The molecule has 0 radical (unpaired) electrons. The molecule has 1 atom stereocenters. The van der Waals surface area contributed by atoms with Gasteiger partial charge in [-0.2, -0.15) is 0 Å². The second kappa shape index (κ2) is 6.52. The average Bonchev–Trinajstić information content (AvgIpc) is 2.73. The third-order valence-electron chi connectivity index (χ3n) is 3.20. The van der Waals surface area contributed by atoms with Crippen molar-refractivity contribution in [2.24, 2.45) is 0 Å². The quantitative estimate of drug-likeness (QED) is 0.764. The van der Waals surface area contributed by atoms with E-state index in [9.17, 15) is 4.79 Å². The van der Waals surface area contributed by atoms with E-state index in [1.165, 1.54) is 5.56 Å². The van der Waals surface area contributed by atoms with E-state index >= 15 is 0 Å². The fourth-order valence-corrected chi connectivity index (χ4v) is 2.20. The minimum Gasteiger partial charge on any atom is -0.385 e. The molecule has 98 valence electrons. The molecule has 2 rings (SSSR count). The summed E-state index contributed by atoms with van der Waals surface area (Å²) in [4.78, 5) is 14.0. The van der Waals surface area contributed by atoms with E-state index < -0.39 is 0 Å². The Hall–Kier alpha value is -1.39. The predicted molar refractivity (Wildman–Crippen MR) is 70.1 cm³/mol. The molecule has 1 saturated heterocycles. The summed E-state index contributed by atoms with van der Waals surface area (Å²) >= 11 is 0. The second-order valence-electron chi connectivity index (χ2n) is 4.55. The molecule has 1 unspecified atom stereocenters. The van der Waals surface area contributed by atoms with Gasteiger partial charge < -0.3 is 9.64 Å². The van der Waals surface area contributed by atoms with E-state index in [1.807, 2.05) is 23.1 Å². The number of benzene rings is 1. The summed E-state index contributed by atoms with van der Waals surface area (Å²) in [6, 6.07) is 10.0. The SMILES string of the molecule is COCCCN1CNC(Cc2ccccc2)C1=O. The van der Waals surface area contributed by atoms with Crippen molar-refractivity contribution in [1.29, 1.82) is 0 Å². The van der Waals surface area contributed by atoms with Crippen LogP contribution in [0.4, 0.5) is 0 Å². The van der Waals surface area contributed by atoms with Crippen molar-refractivity contribution in [3.8, 4) is 0 Å². The fourth-order valence-electron chi connectivity index (χ4n) is 2.20. The number of hydrogen-bond acceptors (Lipinski definition) is 3. The lowest BCUT2D eigenvalue weighted by Gasteiger charge is -2.14. The molecule has 0 aliphatic carbocycles. The van der Waals surface area contributed by atoms with Gasteiger partial charge in [0.1, 0.15) is 0 Å². The Kier molecular flexibility index (Phi) is 4.73. The second-order valence-corrected chi connectivity index (χ2v) is 4.55. The van der Waals surface area contributed by atoms with Crippen LogP contribution in [-0.4, -0.2) is 43.8 Å². The highest BCUT2D eigenvalue weighted by Gasteiger charge is 2.30. The third-order valence-corrected chi connectivity index (χ3v) is 3.20. The van der Waals surface area contributed by atoms with Gasteiger partial charge in [0, 0.05) is 20.3 Å². The lowest BCUT2D eigenvalue weighted by atomic mass is 10.1. The van der Waals surface area contributed by atoms with Crippen LogP contribution in [0, 0.1) is 0 Å². The monoisotopic (exact) mass is 248 g/mol. The zero-order valence-electron chi connectivity index (χ0n) is 10.8. The Balaban J connectivity index is 1.83. The first-order valence-corrected chi connectivity index (χ1v) is 6.36. The van der Waals surface area contributed by atoms with Crippen molar-refractivity contribution < 1.29 is 9.53 Å². The maximum atomic E-state index is 12.1. The van der Waals surface area contributed by atoms with Crippen LogP contribution in [0.5, 0.6) is 0 Å². The van der Waals surface area contributed by atoms with Crippen LogP contribution in [0.15, 0.2) is 30.3 Å². The van der Waals surface area contributed by atoms with Crippen molar-refractivity contribution in [2.75, 3.05) is 26.9 Å². The van der Waals surface area contributed by atoms with Gasteiger partial charge in [0.15, 0.2) is 0 Å². The normalized spacial score (nSPS) is 19.5. The Morgan fingerprint density at radius 2 is 2.17 bits per heavy atom. The maximum absolute atomic E-state index is 12.1. The van der Waals surface area contributed by atoms with Crippen LogP contribution in [-0.2, 0) is 16.0 Å². The molecule has 1 amide bonds. The fraction of sp³-hybridized carbons (Fsp3) is 0.500. The highest BCUT2D eigenvalue weighted by atomic mass is 16.5. The van der Waals surface area contributed by atoms with E-state index in [-0.39, 0.29) is 11.9 Å². The predicted octanol–water partition coefficient (Wildman–Crippen LogP) is 1.02. The van der Waals surface area contributed by atoms with Gasteiger partial charge in [0.05, 0.1) is 12.7 Å². The molecule has 1 aliphatic rings. The topological polar surface area (TPSA) is 41.6 Å². The van der Waals surface area contributed by atoms with Gasteiger partial charge in [-0.05, 0) is 18.4 Å². The smallest absolute Gasteiger partial charge is 0.241 e. The summed E-state index contributed by atoms with van der Waals surface area (Å²) in [5, 5.41) is 3.27. The Morgan fingerprint density at radius 1 is 1.39 bits per heavy atom. The maximum Gasteiger partial charge on any atom is 0.241 e. The lowest BCUT2D eigenvalue weighted by Crippen LogP contribution is -2.33. The van der Waals surface area contributed by atoms with Crippen molar-refractivity contribution in [3.05, 3.63) is 35.9 Å². The molecule has 1 aromatic carbocycles. The number of rotatable bonds is 6. The van der Waals surface area contributed by atoms with E-state index in [4.69, 9.17) is 4.74 Å². The first-order valence-electron chi connectivity index (χ1n) is 6.36.